The molecular formula is C8H19N3O2PW+. The topological polar surface area (TPSA) is 62.8 Å². The summed E-state index contributed by atoms with van der Waals surface area (Å²) < 4.78 is 6.87. The quantitative estimate of drug-likeness (QED) is 0.562. The Morgan fingerprint density at radius 3 is 2.40 bits per heavy atom. The van der Waals surface area contributed by atoms with Gasteiger partial charge in [0, 0.05) is 0 Å². The molecule has 7 heteroatoms. The molecule has 1 aromatic heterocycles. The molecule has 2 N–H and O–H groups in total. The van der Waals surface area contributed by atoms with E-state index in [9.17, 15) is 0 Å². The van der Waals surface area contributed by atoms with Crippen LogP contribution in [0.15, 0.2) is 6.20 Å². The van der Waals surface area contributed by atoms with Crippen molar-refractivity contribution in [3.8, 4) is 0 Å². The standard InChI is InChI=1S/C6H12N3O2P.C2H6.W/c1-5(2)9-4-6(7-8-9)12(10)11-3;1-2;/h4-5,10H,1-3H3;1-2H3;/p+1. The molecule has 0 aliphatic heterocycles. The average Bonchev–Trinajstić information content (AvgIpc) is 2.70. The van der Waals surface area contributed by atoms with Crippen LogP contribution in [-0.2, 0) is 23.3 Å². The van der Waals surface area contributed by atoms with Crippen molar-refractivity contribution < 1.29 is 28.2 Å². The first-order valence-electron chi connectivity index (χ1n) is 4.80. The summed E-state index contributed by atoms with van der Waals surface area (Å²) in [4.78, 5) is 7.88. The molecular weight excluding hydrogens is 385 g/mol. The van der Waals surface area contributed by atoms with E-state index in [1.807, 2.05) is 33.9 Å². The number of aromatic nitrogens is 3. The summed E-state index contributed by atoms with van der Waals surface area (Å²) in [7, 11) is 1.56. The summed E-state index contributed by atoms with van der Waals surface area (Å²) in [5, 5.41) is 5.73. The van der Waals surface area contributed by atoms with Crippen LogP contribution in [0.5, 0.6) is 0 Å². The van der Waals surface area contributed by atoms with E-state index < -0.39 is 5.35 Å². The van der Waals surface area contributed by atoms with Gasteiger partial charge in [-0.3, -0.25) is 0 Å². The van der Waals surface area contributed by atoms with E-state index >= 15 is 0 Å². The first kappa shape index (κ1) is 15.2. The molecule has 1 rings (SSSR count). The molecule has 0 aromatic carbocycles. The first-order valence-corrected chi connectivity index (χ1v) is 10.4. The molecule has 88 valence electrons. The van der Waals surface area contributed by atoms with Crippen LogP contribution in [0, 0.1) is 0 Å². The fraction of sp³-hybridized carbons (Fsp3) is 0.750. The monoisotopic (exact) mass is 404 g/mol. The van der Waals surface area contributed by atoms with E-state index in [1.165, 1.54) is 0 Å². The molecule has 0 bridgehead atoms. The Hall–Kier alpha value is 0.178. The summed E-state index contributed by atoms with van der Waals surface area (Å²) >= 11 is 1.11. The second kappa shape index (κ2) is 6.69. The average molecular weight is 404 g/mol. The molecule has 1 heterocycles. The molecule has 15 heavy (non-hydrogen) atoms. The summed E-state index contributed by atoms with van der Waals surface area (Å²) in [6.07, 6.45) is 1.81. The molecule has 0 amide bonds. The van der Waals surface area contributed by atoms with Crippen LogP contribution < -0.4 is 5.44 Å². The zero-order valence-corrected chi connectivity index (χ0v) is 13.6. The van der Waals surface area contributed by atoms with Gasteiger partial charge in [-0.25, -0.2) is 0 Å². The van der Waals surface area contributed by atoms with Gasteiger partial charge in [0.1, 0.15) is 0 Å². The summed E-state index contributed by atoms with van der Waals surface area (Å²) in [6, 6.07) is 0.285. The first-order chi connectivity index (χ1) is 6.97. The van der Waals surface area contributed by atoms with Gasteiger partial charge in [-0.05, 0) is 0 Å². The molecule has 1 aromatic rings. The van der Waals surface area contributed by atoms with Crippen molar-refractivity contribution >= 4 is 10.8 Å². The van der Waals surface area contributed by atoms with Crippen LogP contribution in [0.1, 0.15) is 33.7 Å². The zero-order valence-electron chi connectivity index (χ0n) is 9.76. The van der Waals surface area contributed by atoms with Crippen LogP contribution in [0.2, 0.25) is 0 Å². The van der Waals surface area contributed by atoms with Crippen LogP contribution in [0.4, 0.5) is 0 Å². The Labute approximate surface area is 101 Å². The molecule has 1 unspecified atom stereocenters. The SMILES string of the molecule is CC.CO[P]([OH2+])(=[W])c1cn(C(C)C)nn1. The van der Waals surface area contributed by atoms with Crippen LogP contribution in [0.3, 0.4) is 0 Å². The second-order valence-electron chi connectivity index (χ2n) is 2.88. The van der Waals surface area contributed by atoms with E-state index in [4.69, 9.17) is 9.42 Å². The van der Waals surface area contributed by atoms with Crippen LogP contribution >= 0.6 is 5.35 Å². The van der Waals surface area contributed by atoms with E-state index in [0.717, 1.165) is 18.8 Å². The maximum atomic E-state index is 7.88. The van der Waals surface area contributed by atoms with Gasteiger partial charge in [0.2, 0.25) is 0 Å². The van der Waals surface area contributed by atoms with Gasteiger partial charge in [0.25, 0.3) is 0 Å². The Balaban J connectivity index is 0.000000921. The van der Waals surface area contributed by atoms with Gasteiger partial charge in [-0.2, -0.15) is 0 Å². The van der Waals surface area contributed by atoms with Gasteiger partial charge in [-0.15, -0.1) is 0 Å². The molecule has 5 nitrogen and oxygen atoms in total. The van der Waals surface area contributed by atoms with E-state index in [0.29, 0.717) is 5.44 Å². The zero-order chi connectivity index (χ0) is 12.1. The van der Waals surface area contributed by atoms with Gasteiger partial charge < -0.3 is 0 Å². The maximum absolute atomic E-state index is 7.88. The van der Waals surface area contributed by atoms with Gasteiger partial charge in [0.05, 0.1) is 0 Å². The van der Waals surface area contributed by atoms with Crippen molar-refractivity contribution in [1.82, 2.24) is 15.0 Å². The molecule has 0 fully saturated rings. The molecule has 0 aliphatic carbocycles. The van der Waals surface area contributed by atoms with E-state index in [1.54, 1.807) is 11.8 Å². The molecule has 1 atom stereocenters. The molecule has 0 saturated carbocycles. The van der Waals surface area contributed by atoms with Gasteiger partial charge in [-0.1, -0.05) is 13.8 Å². The Kier molecular flexibility index (Phi) is 6.77. The summed E-state index contributed by atoms with van der Waals surface area (Å²) in [5.41, 5.74) is 0.679. The van der Waals surface area contributed by atoms with Crippen LogP contribution in [0.25, 0.3) is 0 Å². The third-order valence-electron chi connectivity index (χ3n) is 1.59. The normalized spacial score (nSPS) is 14.3. The Bertz CT molecular complexity index is 340. The van der Waals surface area contributed by atoms with Crippen molar-refractivity contribution in [1.29, 1.82) is 0 Å². The van der Waals surface area contributed by atoms with Crippen molar-refractivity contribution in [3.05, 3.63) is 6.20 Å². The van der Waals surface area contributed by atoms with Gasteiger partial charge in [0.15, 0.2) is 0 Å². The van der Waals surface area contributed by atoms with Crippen molar-refractivity contribution in [3.63, 3.8) is 0 Å². The Morgan fingerprint density at radius 2 is 2.07 bits per heavy atom. The number of rotatable bonds is 3. The molecule has 0 spiro atoms. The van der Waals surface area contributed by atoms with Crippen LogP contribution in [-0.4, -0.2) is 27.0 Å². The molecule has 0 radical (unpaired) electrons. The van der Waals surface area contributed by atoms with E-state index in [2.05, 4.69) is 10.3 Å². The Morgan fingerprint density at radius 1 is 1.53 bits per heavy atom. The molecule has 0 saturated heterocycles. The number of nitrogens with zero attached hydrogens (tertiary/aromatic N) is 3. The summed E-state index contributed by atoms with van der Waals surface area (Å²) in [5.74, 6) is 0. The number of hydrogen-bond acceptors (Lipinski definition) is 3. The van der Waals surface area contributed by atoms with Crippen molar-refractivity contribution in [2.45, 2.75) is 33.7 Å². The fourth-order valence-electron chi connectivity index (χ4n) is 0.748. The van der Waals surface area contributed by atoms with Gasteiger partial charge >= 0.3 is 87.2 Å². The minimum atomic E-state index is -2.16. The minimum absolute atomic E-state index is 0.285. The van der Waals surface area contributed by atoms with Crippen molar-refractivity contribution in [2.24, 2.45) is 0 Å². The third-order valence-corrected chi connectivity index (χ3v) is 6.53. The predicted octanol–water partition coefficient (Wildman–Crippen LogP) is 1.19. The molecule has 0 aliphatic rings. The fourth-order valence-corrected chi connectivity index (χ4v) is 2.26. The third kappa shape index (κ3) is 4.28. The predicted molar refractivity (Wildman–Crippen MR) is 58.9 cm³/mol. The van der Waals surface area contributed by atoms with Crippen molar-refractivity contribution in [2.75, 3.05) is 7.11 Å². The summed E-state index contributed by atoms with van der Waals surface area (Å²) in [6.45, 7) is 8.05. The van der Waals surface area contributed by atoms with E-state index in [-0.39, 0.29) is 6.04 Å². The second-order valence-corrected chi connectivity index (χ2v) is 10.4. The number of hydrogen-bond donors (Lipinski definition) is 0.